The molecule has 0 aromatic carbocycles. The zero-order valence-electron chi connectivity index (χ0n) is 8.98. The molecule has 0 bridgehead atoms. The van der Waals surface area contributed by atoms with Crippen LogP contribution < -0.4 is 0 Å². The fraction of sp³-hybridized carbons (Fsp3) is 0.778. The fourth-order valence-electron chi connectivity index (χ4n) is 1.90. The molecule has 0 saturated carbocycles. The van der Waals surface area contributed by atoms with Gasteiger partial charge in [-0.15, -0.1) is 0 Å². The molecule has 1 atom stereocenters. The van der Waals surface area contributed by atoms with Gasteiger partial charge in [-0.05, 0) is 67.7 Å². The van der Waals surface area contributed by atoms with Crippen LogP contribution in [0, 0.1) is 3.01 Å². The van der Waals surface area contributed by atoms with Crippen molar-refractivity contribution in [1.82, 2.24) is 19.2 Å². The largest absolute Gasteiger partial charge is 0.304 e. The lowest BCUT2D eigenvalue weighted by Gasteiger charge is -2.24. The van der Waals surface area contributed by atoms with Crippen molar-refractivity contribution in [1.29, 1.82) is 0 Å². The Balaban J connectivity index is 2.17. The molecule has 1 unspecified atom stereocenters. The first-order chi connectivity index (χ1) is 7.16. The Hall–Kier alpha value is 0.210. The van der Waals surface area contributed by atoms with Crippen molar-refractivity contribution in [3.05, 3.63) is 8.84 Å². The minimum atomic E-state index is 0.359. The van der Waals surface area contributed by atoms with Crippen molar-refractivity contribution in [3.63, 3.8) is 0 Å². The second-order valence-electron chi connectivity index (χ2n) is 4.02. The first-order valence-corrected chi connectivity index (χ1v) is 6.90. The van der Waals surface area contributed by atoms with Crippen LogP contribution in [0.4, 0.5) is 0 Å². The van der Waals surface area contributed by atoms with Crippen LogP contribution in [0.5, 0.6) is 0 Å². The van der Waals surface area contributed by atoms with Crippen molar-refractivity contribution >= 4 is 34.1 Å². The molecule has 0 N–H and O–H groups in total. The molecule has 1 saturated heterocycles. The van der Waals surface area contributed by atoms with Gasteiger partial charge in [0.1, 0.15) is 0 Å². The molecule has 0 radical (unpaired) electrons. The van der Waals surface area contributed by atoms with E-state index in [1.54, 1.807) is 0 Å². The lowest BCUT2D eigenvalue weighted by Crippen LogP contribution is -2.31. The molecule has 2 rings (SSSR count). The van der Waals surface area contributed by atoms with E-state index < -0.39 is 0 Å². The zero-order chi connectivity index (χ0) is 10.8. The van der Waals surface area contributed by atoms with Crippen LogP contribution in [-0.2, 0) is 0 Å². The average molecular weight is 338 g/mol. The lowest BCUT2D eigenvalue weighted by atomic mass is 10.2. The Morgan fingerprint density at radius 1 is 1.40 bits per heavy atom. The molecular formula is C9H15IN4S. The third-order valence-corrected chi connectivity index (χ3v) is 4.13. The third-order valence-electron chi connectivity index (χ3n) is 2.78. The quantitative estimate of drug-likeness (QED) is 0.726. The molecule has 84 valence electrons. The van der Waals surface area contributed by atoms with Crippen LogP contribution in [0.3, 0.4) is 0 Å². The van der Waals surface area contributed by atoms with E-state index in [0.29, 0.717) is 6.04 Å². The summed E-state index contributed by atoms with van der Waals surface area (Å²) in [6.45, 7) is 3.33. The van der Waals surface area contributed by atoms with Gasteiger partial charge in [0.05, 0.1) is 6.04 Å². The van der Waals surface area contributed by atoms with E-state index in [1.807, 2.05) is 0 Å². The molecule has 1 aromatic rings. The number of halogens is 1. The van der Waals surface area contributed by atoms with Gasteiger partial charge in [-0.1, -0.05) is 0 Å². The molecule has 15 heavy (non-hydrogen) atoms. The monoisotopic (exact) mass is 338 g/mol. The minimum Gasteiger partial charge on any atom is -0.304 e. The number of hydrogen-bond donors (Lipinski definition) is 0. The lowest BCUT2D eigenvalue weighted by molar-refractivity contribution is 0.221. The highest BCUT2D eigenvalue weighted by Crippen LogP contribution is 2.22. The van der Waals surface area contributed by atoms with E-state index in [-0.39, 0.29) is 0 Å². The van der Waals surface area contributed by atoms with Crippen LogP contribution in [0.2, 0.25) is 0 Å². The number of hydrogen-bond acceptors (Lipinski definition) is 5. The highest BCUT2D eigenvalue weighted by molar-refractivity contribution is 14.1. The average Bonchev–Trinajstić information content (AvgIpc) is 2.53. The number of aromatic nitrogens is 2. The van der Waals surface area contributed by atoms with Gasteiger partial charge in [-0.25, -0.2) is 4.98 Å². The van der Waals surface area contributed by atoms with Crippen molar-refractivity contribution in [2.45, 2.75) is 12.5 Å². The summed E-state index contributed by atoms with van der Waals surface area (Å²) in [7, 11) is 4.33. The maximum absolute atomic E-state index is 4.49. The number of rotatable bonds is 1. The van der Waals surface area contributed by atoms with Crippen LogP contribution in [0.1, 0.15) is 18.3 Å². The predicted octanol–water partition coefficient (Wildman–Crippen LogP) is 1.45. The first-order valence-electron chi connectivity index (χ1n) is 5.04. The van der Waals surface area contributed by atoms with Crippen molar-refractivity contribution in [3.8, 4) is 0 Å². The molecule has 2 heterocycles. The van der Waals surface area contributed by atoms with Gasteiger partial charge in [0.15, 0.2) is 8.84 Å². The molecule has 6 heteroatoms. The Morgan fingerprint density at radius 3 is 2.87 bits per heavy atom. The van der Waals surface area contributed by atoms with E-state index in [9.17, 15) is 0 Å². The second-order valence-corrected chi connectivity index (χ2v) is 6.52. The molecule has 0 spiro atoms. The van der Waals surface area contributed by atoms with Crippen LogP contribution >= 0.6 is 34.1 Å². The molecule has 0 aliphatic carbocycles. The van der Waals surface area contributed by atoms with Crippen LogP contribution in [0.25, 0.3) is 0 Å². The fourth-order valence-corrected chi connectivity index (χ4v) is 2.91. The van der Waals surface area contributed by atoms with Gasteiger partial charge in [0, 0.05) is 6.54 Å². The second kappa shape index (κ2) is 5.03. The smallest absolute Gasteiger partial charge is 0.174 e. The summed E-state index contributed by atoms with van der Waals surface area (Å²) in [5.41, 5.74) is 0. The Labute approximate surface area is 108 Å². The maximum Gasteiger partial charge on any atom is 0.174 e. The highest BCUT2D eigenvalue weighted by atomic mass is 127. The summed E-state index contributed by atoms with van der Waals surface area (Å²) in [6.07, 6.45) is 1.23. The third kappa shape index (κ3) is 2.86. The maximum atomic E-state index is 4.49. The van der Waals surface area contributed by atoms with E-state index >= 15 is 0 Å². The Morgan fingerprint density at radius 2 is 2.20 bits per heavy atom. The van der Waals surface area contributed by atoms with E-state index in [4.69, 9.17) is 0 Å². The topological polar surface area (TPSA) is 32.3 Å². The normalized spacial score (nSPS) is 25.4. The number of likely N-dealkylation sites (N-methyl/N-ethyl adjacent to an activating group) is 2. The van der Waals surface area contributed by atoms with Crippen molar-refractivity contribution in [2.24, 2.45) is 0 Å². The summed E-state index contributed by atoms with van der Waals surface area (Å²) in [5.74, 6) is 0.987. The first kappa shape index (κ1) is 11.7. The summed E-state index contributed by atoms with van der Waals surface area (Å²) < 4.78 is 5.45. The van der Waals surface area contributed by atoms with Crippen LogP contribution in [-0.4, -0.2) is 52.9 Å². The summed E-state index contributed by atoms with van der Waals surface area (Å²) in [6, 6.07) is 0.359. The van der Waals surface area contributed by atoms with Gasteiger partial charge in [0.2, 0.25) is 0 Å². The summed E-state index contributed by atoms with van der Waals surface area (Å²) in [5, 5.41) is 0. The standard InChI is InChI=1S/C9H15IN4S/c1-13-4-3-5-14(2)7(6-13)8-11-9(10)15-12-8/h7H,3-6H2,1-2H3. The van der Waals surface area contributed by atoms with Gasteiger partial charge in [-0.3, -0.25) is 4.90 Å². The van der Waals surface area contributed by atoms with Gasteiger partial charge >= 0.3 is 0 Å². The van der Waals surface area contributed by atoms with Crippen molar-refractivity contribution in [2.75, 3.05) is 33.7 Å². The molecule has 1 aliphatic rings. The van der Waals surface area contributed by atoms with E-state index in [1.165, 1.54) is 24.5 Å². The molecule has 1 aliphatic heterocycles. The van der Waals surface area contributed by atoms with Gasteiger partial charge in [0.25, 0.3) is 0 Å². The van der Waals surface area contributed by atoms with E-state index in [2.05, 4.69) is 55.8 Å². The van der Waals surface area contributed by atoms with Crippen molar-refractivity contribution < 1.29 is 0 Å². The predicted molar refractivity (Wildman–Crippen MR) is 70.1 cm³/mol. The summed E-state index contributed by atoms with van der Waals surface area (Å²) in [4.78, 5) is 9.21. The molecule has 0 amide bonds. The SMILES string of the molecule is CN1CCCN(C)C(c2nsc(I)n2)C1. The minimum absolute atomic E-state index is 0.359. The molecular weight excluding hydrogens is 323 g/mol. The Kier molecular flexibility index (Phi) is 3.92. The molecule has 1 fully saturated rings. The van der Waals surface area contributed by atoms with Gasteiger partial charge in [-0.2, -0.15) is 4.37 Å². The zero-order valence-corrected chi connectivity index (χ0v) is 12.0. The molecule has 4 nitrogen and oxygen atoms in total. The number of nitrogens with zero attached hydrogens (tertiary/aromatic N) is 4. The summed E-state index contributed by atoms with van der Waals surface area (Å²) >= 11 is 3.72. The van der Waals surface area contributed by atoms with Crippen LogP contribution in [0.15, 0.2) is 0 Å². The van der Waals surface area contributed by atoms with Gasteiger partial charge < -0.3 is 4.90 Å². The van der Waals surface area contributed by atoms with E-state index in [0.717, 1.165) is 21.9 Å². The highest BCUT2D eigenvalue weighted by Gasteiger charge is 2.25. The Bertz CT molecular complexity index is 330. The molecule has 1 aromatic heterocycles.